The van der Waals surface area contributed by atoms with Crippen LogP contribution in [0.1, 0.15) is 44.6 Å². The van der Waals surface area contributed by atoms with Gasteiger partial charge in [0.1, 0.15) is 0 Å². The summed E-state index contributed by atoms with van der Waals surface area (Å²) in [5.74, 6) is 1.16. The van der Waals surface area contributed by atoms with Gasteiger partial charge in [0.2, 0.25) is 0 Å². The van der Waals surface area contributed by atoms with E-state index in [2.05, 4.69) is 26.0 Å². The van der Waals surface area contributed by atoms with Crippen LogP contribution in [0.3, 0.4) is 0 Å². The van der Waals surface area contributed by atoms with Gasteiger partial charge in [-0.05, 0) is 50.3 Å². The topological polar surface area (TPSA) is 43.1 Å². The molecule has 1 aliphatic carbocycles. The van der Waals surface area contributed by atoms with Crippen LogP contribution >= 0.6 is 0 Å². The van der Waals surface area contributed by atoms with Gasteiger partial charge < -0.3 is 5.73 Å². The Labute approximate surface area is 125 Å². The van der Waals surface area contributed by atoms with Crippen molar-refractivity contribution in [3.05, 3.63) is 29.8 Å². The molecule has 2 N–H and O–H groups in total. The predicted octanol–water partition coefficient (Wildman–Crippen LogP) is 3.65. The van der Waals surface area contributed by atoms with Gasteiger partial charge in [-0.3, -0.25) is 4.21 Å². The molecule has 0 radical (unpaired) electrons. The summed E-state index contributed by atoms with van der Waals surface area (Å²) < 4.78 is 12.9. The van der Waals surface area contributed by atoms with Crippen molar-refractivity contribution in [2.45, 2.75) is 56.1 Å². The molecule has 1 saturated carbocycles. The SMILES string of the molecule is CCCC1CCC(CN)C(S(=O)c2ccc(C)cc2)C1. The van der Waals surface area contributed by atoms with Crippen LogP contribution in [0.5, 0.6) is 0 Å². The minimum absolute atomic E-state index is 0.244. The van der Waals surface area contributed by atoms with Crippen LogP contribution in [0.25, 0.3) is 0 Å². The number of benzene rings is 1. The van der Waals surface area contributed by atoms with E-state index < -0.39 is 10.8 Å². The molecule has 2 nitrogen and oxygen atoms in total. The Bertz CT molecular complexity index is 443. The molecule has 0 spiro atoms. The predicted molar refractivity (Wildman–Crippen MR) is 86.2 cm³/mol. The van der Waals surface area contributed by atoms with Crippen molar-refractivity contribution in [3.8, 4) is 0 Å². The van der Waals surface area contributed by atoms with Crippen LogP contribution in [0.4, 0.5) is 0 Å². The van der Waals surface area contributed by atoms with Gasteiger partial charge in [0.05, 0.1) is 10.8 Å². The normalized spacial score (nSPS) is 28.2. The number of rotatable bonds is 5. The maximum absolute atomic E-state index is 12.9. The first-order valence-electron chi connectivity index (χ1n) is 7.83. The van der Waals surface area contributed by atoms with Gasteiger partial charge in [-0.25, -0.2) is 0 Å². The first kappa shape index (κ1) is 15.7. The van der Waals surface area contributed by atoms with Crippen molar-refractivity contribution < 1.29 is 4.21 Å². The zero-order valence-corrected chi connectivity index (χ0v) is 13.5. The van der Waals surface area contributed by atoms with Crippen molar-refractivity contribution in [2.75, 3.05) is 6.54 Å². The molecule has 1 aromatic carbocycles. The third-order valence-corrected chi connectivity index (χ3v) is 6.43. The number of nitrogens with two attached hydrogens (primary N) is 1. The standard InChI is InChI=1S/C17H27NOS/c1-3-4-14-7-8-15(12-18)17(11-14)20(19)16-9-5-13(2)6-10-16/h5-6,9-10,14-15,17H,3-4,7-8,11-12,18H2,1-2H3. The lowest BCUT2D eigenvalue weighted by atomic mass is 9.80. The van der Waals surface area contributed by atoms with Crippen LogP contribution in [0, 0.1) is 18.8 Å². The van der Waals surface area contributed by atoms with Crippen LogP contribution < -0.4 is 5.73 Å². The lowest BCUT2D eigenvalue weighted by Gasteiger charge is -2.35. The van der Waals surface area contributed by atoms with E-state index in [0.29, 0.717) is 12.5 Å². The molecule has 0 heterocycles. The van der Waals surface area contributed by atoms with Crippen LogP contribution in [-0.4, -0.2) is 16.0 Å². The summed E-state index contributed by atoms with van der Waals surface area (Å²) >= 11 is 0. The van der Waals surface area contributed by atoms with Gasteiger partial charge in [-0.2, -0.15) is 0 Å². The molecule has 0 aromatic heterocycles. The van der Waals surface area contributed by atoms with E-state index >= 15 is 0 Å². The fraction of sp³-hybridized carbons (Fsp3) is 0.647. The molecule has 0 aliphatic heterocycles. The average Bonchev–Trinajstić information content (AvgIpc) is 2.47. The zero-order valence-electron chi connectivity index (χ0n) is 12.7. The Morgan fingerprint density at radius 3 is 2.55 bits per heavy atom. The molecule has 1 aliphatic rings. The van der Waals surface area contributed by atoms with Crippen LogP contribution in [0.15, 0.2) is 29.2 Å². The van der Waals surface area contributed by atoms with Crippen molar-refractivity contribution in [1.29, 1.82) is 0 Å². The largest absolute Gasteiger partial charge is 0.330 e. The zero-order chi connectivity index (χ0) is 14.5. The lowest BCUT2D eigenvalue weighted by molar-refractivity contribution is 0.272. The van der Waals surface area contributed by atoms with Gasteiger partial charge in [0.15, 0.2) is 0 Å². The summed E-state index contributed by atoms with van der Waals surface area (Å²) in [4.78, 5) is 0.969. The summed E-state index contributed by atoms with van der Waals surface area (Å²) in [5.41, 5.74) is 7.13. The van der Waals surface area contributed by atoms with E-state index in [-0.39, 0.29) is 5.25 Å². The van der Waals surface area contributed by atoms with Crippen molar-refractivity contribution >= 4 is 10.8 Å². The monoisotopic (exact) mass is 293 g/mol. The highest BCUT2D eigenvalue weighted by Crippen LogP contribution is 2.36. The highest BCUT2D eigenvalue weighted by atomic mass is 32.2. The smallest absolute Gasteiger partial charge is 0.0564 e. The summed E-state index contributed by atoms with van der Waals surface area (Å²) in [7, 11) is -0.912. The van der Waals surface area contributed by atoms with Gasteiger partial charge in [0, 0.05) is 10.1 Å². The first-order chi connectivity index (χ1) is 9.65. The summed E-state index contributed by atoms with van der Waals surface area (Å²) in [6.07, 6.45) is 5.97. The second-order valence-corrected chi connectivity index (χ2v) is 7.78. The molecule has 4 atom stereocenters. The Morgan fingerprint density at radius 2 is 1.95 bits per heavy atom. The lowest BCUT2D eigenvalue weighted by Crippen LogP contribution is -2.37. The fourth-order valence-electron chi connectivity index (χ4n) is 3.32. The van der Waals surface area contributed by atoms with Crippen molar-refractivity contribution in [3.63, 3.8) is 0 Å². The Hall–Kier alpha value is -0.670. The summed E-state index contributed by atoms with van der Waals surface area (Å²) in [6, 6.07) is 8.14. The molecule has 3 heteroatoms. The minimum Gasteiger partial charge on any atom is -0.330 e. The molecule has 112 valence electrons. The molecule has 0 bridgehead atoms. The fourth-order valence-corrected chi connectivity index (χ4v) is 5.12. The highest BCUT2D eigenvalue weighted by Gasteiger charge is 2.33. The molecule has 0 amide bonds. The van der Waals surface area contributed by atoms with Gasteiger partial charge in [-0.1, -0.05) is 43.9 Å². The molecular formula is C17H27NOS. The molecule has 20 heavy (non-hydrogen) atoms. The number of hydrogen-bond donors (Lipinski definition) is 1. The maximum atomic E-state index is 12.9. The summed E-state index contributed by atoms with van der Waals surface area (Å²) in [6.45, 7) is 4.97. The van der Waals surface area contributed by atoms with Crippen molar-refractivity contribution in [1.82, 2.24) is 0 Å². The maximum Gasteiger partial charge on any atom is 0.0564 e. The van der Waals surface area contributed by atoms with Crippen LogP contribution in [0.2, 0.25) is 0 Å². The van der Waals surface area contributed by atoms with Gasteiger partial charge >= 0.3 is 0 Å². The van der Waals surface area contributed by atoms with Gasteiger partial charge in [0.25, 0.3) is 0 Å². The molecular weight excluding hydrogens is 266 g/mol. The summed E-state index contributed by atoms with van der Waals surface area (Å²) in [5, 5.41) is 0.244. The second kappa shape index (κ2) is 7.37. The van der Waals surface area contributed by atoms with Gasteiger partial charge in [-0.15, -0.1) is 0 Å². The first-order valence-corrected chi connectivity index (χ1v) is 9.04. The molecule has 0 saturated heterocycles. The van der Waals surface area contributed by atoms with E-state index in [1.54, 1.807) is 0 Å². The van der Waals surface area contributed by atoms with E-state index in [0.717, 1.165) is 23.7 Å². The molecule has 2 rings (SSSR count). The third kappa shape index (κ3) is 3.70. The second-order valence-electron chi connectivity index (χ2n) is 6.11. The molecule has 4 unspecified atom stereocenters. The Morgan fingerprint density at radius 1 is 1.25 bits per heavy atom. The van der Waals surface area contributed by atoms with E-state index in [1.165, 1.54) is 24.8 Å². The van der Waals surface area contributed by atoms with Crippen molar-refractivity contribution in [2.24, 2.45) is 17.6 Å². The highest BCUT2D eigenvalue weighted by molar-refractivity contribution is 7.85. The van der Waals surface area contributed by atoms with Crippen LogP contribution in [-0.2, 0) is 10.8 Å². The number of aryl methyl sites for hydroxylation is 1. The number of hydrogen-bond acceptors (Lipinski definition) is 2. The molecule has 1 fully saturated rings. The molecule has 1 aromatic rings. The minimum atomic E-state index is -0.912. The van der Waals surface area contributed by atoms with E-state index in [4.69, 9.17) is 5.73 Å². The van der Waals surface area contributed by atoms with E-state index in [1.807, 2.05) is 12.1 Å². The Kier molecular flexibility index (Phi) is 5.79. The quantitative estimate of drug-likeness (QED) is 0.900. The Balaban J connectivity index is 2.13. The third-order valence-electron chi connectivity index (χ3n) is 4.57. The van der Waals surface area contributed by atoms with E-state index in [9.17, 15) is 4.21 Å². The average molecular weight is 293 g/mol.